The highest BCUT2D eigenvalue weighted by atomic mass is 19.1. The van der Waals surface area contributed by atoms with Gasteiger partial charge in [0.2, 0.25) is 11.8 Å². The van der Waals surface area contributed by atoms with Crippen LogP contribution in [0.4, 0.5) is 16.1 Å². The van der Waals surface area contributed by atoms with Gasteiger partial charge in [-0.2, -0.15) is 10.4 Å². The molecule has 0 bridgehead atoms. The lowest BCUT2D eigenvalue weighted by Crippen LogP contribution is -2.18. The number of carbonyl (C=O) groups is 1. The molecule has 0 saturated carbocycles. The number of aromatic nitrogens is 3. The highest BCUT2D eigenvalue weighted by Crippen LogP contribution is 2.31. The number of nitrogens with zero attached hydrogens (tertiary/aromatic N) is 4. The second-order valence-corrected chi connectivity index (χ2v) is 9.84. The van der Waals surface area contributed by atoms with Crippen LogP contribution in [0.15, 0.2) is 34.9 Å². The minimum atomic E-state index is -1.18. The van der Waals surface area contributed by atoms with Crippen molar-refractivity contribution in [2.45, 2.75) is 66.1 Å². The predicted molar refractivity (Wildman–Crippen MR) is 129 cm³/mol. The maximum absolute atomic E-state index is 13.8. The number of halogens is 1. The smallest absolute Gasteiger partial charge is 0.234 e. The highest BCUT2D eigenvalue weighted by molar-refractivity contribution is 5.94. The molecule has 0 spiro atoms. The van der Waals surface area contributed by atoms with E-state index in [0.717, 1.165) is 17.7 Å². The van der Waals surface area contributed by atoms with E-state index in [1.165, 1.54) is 11.6 Å². The normalized spacial score (nSPS) is 14.3. The number of nitrogen functional groups attached to an aromatic ring is 1. The minimum absolute atomic E-state index is 0.0568. The quantitative estimate of drug-likeness (QED) is 0.491. The first-order valence-electron chi connectivity index (χ1n) is 11.2. The van der Waals surface area contributed by atoms with Crippen LogP contribution < -0.4 is 11.1 Å². The van der Waals surface area contributed by atoms with Gasteiger partial charge in [0.05, 0.1) is 17.7 Å². The molecule has 1 aromatic carbocycles. The largest absolute Gasteiger partial charge is 0.383 e. The second kappa shape index (κ2) is 9.67. The van der Waals surface area contributed by atoms with E-state index in [9.17, 15) is 14.4 Å². The van der Waals surface area contributed by atoms with Crippen LogP contribution in [-0.2, 0) is 11.2 Å². The van der Waals surface area contributed by atoms with Crippen LogP contribution in [0.2, 0.25) is 0 Å². The van der Waals surface area contributed by atoms with Gasteiger partial charge in [-0.1, -0.05) is 50.2 Å². The van der Waals surface area contributed by atoms with Crippen molar-refractivity contribution < 1.29 is 13.7 Å². The highest BCUT2D eigenvalue weighted by Gasteiger charge is 2.24. The molecule has 3 aromatic rings. The molecule has 1 amide bonds. The molecule has 34 heavy (non-hydrogen) atoms. The number of nitrogens with one attached hydrogen (secondary N) is 1. The van der Waals surface area contributed by atoms with E-state index in [1.807, 2.05) is 0 Å². The summed E-state index contributed by atoms with van der Waals surface area (Å²) in [6.07, 6.45) is -0.450. The van der Waals surface area contributed by atoms with Crippen LogP contribution in [0, 0.1) is 16.7 Å². The summed E-state index contributed by atoms with van der Waals surface area (Å²) in [6.45, 7) is 11.2. The van der Waals surface area contributed by atoms with Crippen molar-refractivity contribution in [2.24, 2.45) is 5.41 Å². The van der Waals surface area contributed by atoms with Gasteiger partial charge in [0, 0.05) is 11.6 Å². The van der Waals surface area contributed by atoms with Gasteiger partial charge in [-0.3, -0.25) is 10.1 Å². The number of anilines is 2. The van der Waals surface area contributed by atoms with Gasteiger partial charge in [-0.05, 0) is 38.2 Å². The monoisotopic (exact) mass is 466 g/mol. The van der Waals surface area contributed by atoms with Crippen molar-refractivity contribution in [3.8, 4) is 17.3 Å². The molecular formula is C25H31FN6O2. The number of nitrogens with two attached hydrogens (primary N) is 1. The van der Waals surface area contributed by atoms with Crippen molar-refractivity contribution in [2.75, 3.05) is 11.1 Å². The fourth-order valence-corrected chi connectivity index (χ4v) is 3.57. The van der Waals surface area contributed by atoms with Crippen LogP contribution in [0.3, 0.4) is 0 Å². The van der Waals surface area contributed by atoms with E-state index in [0.29, 0.717) is 17.1 Å². The summed E-state index contributed by atoms with van der Waals surface area (Å²) in [4.78, 5) is 12.7. The lowest BCUT2D eigenvalue weighted by atomic mass is 9.91. The molecule has 8 nitrogen and oxygen atoms in total. The number of hydrogen-bond acceptors (Lipinski definition) is 6. The first-order chi connectivity index (χ1) is 15.9. The van der Waals surface area contributed by atoms with Crippen LogP contribution in [0.1, 0.15) is 70.3 Å². The molecule has 3 unspecified atom stereocenters. The molecule has 0 saturated heterocycles. The summed E-state index contributed by atoms with van der Waals surface area (Å²) in [5.74, 6) is -0.258. The zero-order chi connectivity index (χ0) is 25.2. The van der Waals surface area contributed by atoms with E-state index in [1.54, 1.807) is 44.2 Å². The number of rotatable bonds is 7. The predicted octanol–water partition coefficient (Wildman–Crippen LogP) is 5.24. The Kier molecular flexibility index (Phi) is 7.10. The van der Waals surface area contributed by atoms with Crippen LogP contribution in [0.25, 0.3) is 11.3 Å². The zero-order valence-corrected chi connectivity index (χ0v) is 20.4. The first kappa shape index (κ1) is 25.0. The summed E-state index contributed by atoms with van der Waals surface area (Å²) in [6, 6.07) is 10.3. The SMILES string of the molecule is CC(C(=O)Nc1cc(CC(C)(C)C)no1)c1ccc(-c2nn(C(C)C(C)F)c(N)c2C#N)cc1. The molecule has 0 aliphatic heterocycles. The summed E-state index contributed by atoms with van der Waals surface area (Å²) in [5, 5.41) is 20.8. The summed E-state index contributed by atoms with van der Waals surface area (Å²) >= 11 is 0. The molecule has 9 heteroatoms. The number of alkyl halides is 1. The van der Waals surface area contributed by atoms with E-state index < -0.39 is 18.1 Å². The summed E-state index contributed by atoms with van der Waals surface area (Å²) < 4.78 is 20.4. The maximum atomic E-state index is 13.8. The van der Waals surface area contributed by atoms with E-state index in [2.05, 4.69) is 42.4 Å². The molecule has 3 N–H and O–H groups in total. The third-order valence-electron chi connectivity index (χ3n) is 5.70. The fourth-order valence-electron chi connectivity index (χ4n) is 3.57. The summed E-state index contributed by atoms with van der Waals surface area (Å²) in [7, 11) is 0. The Balaban J connectivity index is 1.76. The van der Waals surface area contributed by atoms with Gasteiger partial charge in [0.1, 0.15) is 29.3 Å². The Labute approximate surface area is 198 Å². The van der Waals surface area contributed by atoms with Crippen molar-refractivity contribution >= 4 is 17.6 Å². The molecule has 3 rings (SSSR count). The van der Waals surface area contributed by atoms with Gasteiger partial charge in [-0.15, -0.1) is 0 Å². The van der Waals surface area contributed by atoms with Crippen LogP contribution in [-0.4, -0.2) is 27.0 Å². The standard InChI is InChI=1S/C25H31FN6O2/c1-14(24(33)29-21-11-19(31-34-21)12-25(4,5)6)17-7-9-18(10-8-17)22-20(13-27)23(28)32(30-22)16(3)15(2)26/h7-11,14-16H,12,28H2,1-6H3,(H,29,33). The van der Waals surface area contributed by atoms with Crippen LogP contribution in [0.5, 0.6) is 0 Å². The third-order valence-corrected chi connectivity index (χ3v) is 5.70. The zero-order valence-electron chi connectivity index (χ0n) is 20.4. The molecule has 2 aromatic heterocycles. The van der Waals surface area contributed by atoms with E-state index >= 15 is 0 Å². The molecule has 3 atom stereocenters. The Morgan fingerprint density at radius 2 is 1.91 bits per heavy atom. The molecule has 2 heterocycles. The third kappa shape index (κ3) is 5.45. The van der Waals surface area contributed by atoms with Gasteiger partial charge >= 0.3 is 0 Å². The van der Waals surface area contributed by atoms with Crippen molar-refractivity contribution in [3.63, 3.8) is 0 Å². The lowest BCUT2D eigenvalue weighted by molar-refractivity contribution is -0.117. The van der Waals surface area contributed by atoms with E-state index in [-0.39, 0.29) is 22.7 Å². The van der Waals surface area contributed by atoms with Crippen molar-refractivity contribution in [1.29, 1.82) is 5.26 Å². The summed E-state index contributed by atoms with van der Waals surface area (Å²) in [5.41, 5.74) is 8.90. The fraction of sp³-hybridized carbons (Fsp3) is 0.440. The average Bonchev–Trinajstić information content (AvgIpc) is 3.34. The molecule has 0 aliphatic rings. The number of amides is 1. The minimum Gasteiger partial charge on any atom is -0.383 e. The molecular weight excluding hydrogens is 435 g/mol. The Hall–Kier alpha value is -3.67. The van der Waals surface area contributed by atoms with Gasteiger partial charge in [0.15, 0.2) is 0 Å². The molecule has 0 radical (unpaired) electrons. The number of nitriles is 1. The van der Waals surface area contributed by atoms with Gasteiger partial charge in [-0.25, -0.2) is 9.07 Å². The second-order valence-electron chi connectivity index (χ2n) is 9.84. The number of hydrogen-bond donors (Lipinski definition) is 2. The average molecular weight is 467 g/mol. The Bertz CT molecular complexity index is 1200. The van der Waals surface area contributed by atoms with E-state index in [4.69, 9.17) is 10.3 Å². The molecule has 0 fully saturated rings. The molecule has 0 aliphatic carbocycles. The topological polar surface area (TPSA) is 123 Å². The lowest BCUT2D eigenvalue weighted by Gasteiger charge is -2.15. The van der Waals surface area contributed by atoms with Crippen molar-refractivity contribution in [3.05, 3.63) is 47.2 Å². The number of carbonyl (C=O) groups excluding carboxylic acids is 1. The molecule has 180 valence electrons. The number of benzene rings is 1. The van der Waals surface area contributed by atoms with Crippen LogP contribution >= 0.6 is 0 Å². The van der Waals surface area contributed by atoms with Crippen molar-refractivity contribution in [1.82, 2.24) is 14.9 Å². The first-order valence-corrected chi connectivity index (χ1v) is 11.2. The van der Waals surface area contributed by atoms with Gasteiger partial charge in [0.25, 0.3) is 0 Å². The Morgan fingerprint density at radius 1 is 1.26 bits per heavy atom. The van der Waals surface area contributed by atoms with Gasteiger partial charge < -0.3 is 10.3 Å². The Morgan fingerprint density at radius 3 is 2.47 bits per heavy atom. The maximum Gasteiger partial charge on any atom is 0.234 e.